The number of hydrogen-bond acceptors (Lipinski definition) is 4. The molecule has 0 heterocycles. The lowest BCUT2D eigenvalue weighted by molar-refractivity contribution is 0.0973. The number of rotatable bonds is 7. The van der Waals surface area contributed by atoms with Crippen LogP contribution in [0, 0.1) is 0 Å². The van der Waals surface area contributed by atoms with Gasteiger partial charge in [0.1, 0.15) is 10.6 Å². The first kappa shape index (κ1) is 19.2. The van der Waals surface area contributed by atoms with Crippen LogP contribution in [0.1, 0.15) is 59.0 Å². The Morgan fingerprint density at radius 1 is 0.926 bits per heavy atom. The molecule has 0 fully saturated rings. The molecule has 0 amide bonds. The van der Waals surface area contributed by atoms with E-state index in [0.29, 0.717) is 16.9 Å². The van der Waals surface area contributed by atoms with Gasteiger partial charge in [0.05, 0.1) is 10.8 Å². The molecule has 2 unspecified atom stereocenters. The number of Topliss-reactive ketones (excluding diaryl/α,β-unsaturated/α-hetero) is 2. The topological polar surface area (TPSA) is 63.2 Å². The van der Waals surface area contributed by atoms with Crippen molar-refractivity contribution < 1.29 is 13.8 Å². The SMILES string of the molecule is CCCCS(=O)C1=C(NC(C)c2ccccc2)C(=O)c2ccccc2C1=O. The van der Waals surface area contributed by atoms with Crippen LogP contribution in [-0.2, 0) is 10.8 Å². The van der Waals surface area contributed by atoms with E-state index in [9.17, 15) is 13.8 Å². The molecule has 2 aromatic rings. The first-order chi connectivity index (χ1) is 13.0. The number of carbonyl (C=O) groups excluding carboxylic acids is 2. The molecule has 1 aliphatic rings. The number of unbranched alkanes of at least 4 members (excludes halogenated alkanes) is 1. The Morgan fingerprint density at radius 2 is 1.52 bits per heavy atom. The number of allylic oxidation sites excluding steroid dienone is 2. The van der Waals surface area contributed by atoms with E-state index < -0.39 is 10.8 Å². The van der Waals surface area contributed by atoms with E-state index in [1.165, 1.54) is 0 Å². The van der Waals surface area contributed by atoms with Gasteiger partial charge in [-0.2, -0.15) is 0 Å². The number of carbonyl (C=O) groups is 2. The van der Waals surface area contributed by atoms with Crippen molar-refractivity contribution >= 4 is 22.4 Å². The zero-order chi connectivity index (χ0) is 19.4. The van der Waals surface area contributed by atoms with Crippen LogP contribution in [0.4, 0.5) is 0 Å². The molecule has 0 radical (unpaired) electrons. The fourth-order valence-corrected chi connectivity index (χ4v) is 4.57. The maximum atomic E-state index is 13.1. The summed E-state index contributed by atoms with van der Waals surface area (Å²) in [6.07, 6.45) is 1.61. The third kappa shape index (κ3) is 3.93. The summed E-state index contributed by atoms with van der Waals surface area (Å²) in [5.74, 6) is -0.215. The summed E-state index contributed by atoms with van der Waals surface area (Å²) in [6.45, 7) is 3.93. The molecule has 27 heavy (non-hydrogen) atoms. The maximum absolute atomic E-state index is 13.1. The Morgan fingerprint density at radius 3 is 2.15 bits per heavy atom. The first-order valence-electron chi connectivity index (χ1n) is 9.17. The van der Waals surface area contributed by atoms with Gasteiger partial charge in [-0.15, -0.1) is 0 Å². The third-order valence-electron chi connectivity index (χ3n) is 4.65. The normalized spacial score (nSPS) is 16.1. The number of ketones is 2. The van der Waals surface area contributed by atoms with Gasteiger partial charge < -0.3 is 5.32 Å². The Labute approximate surface area is 162 Å². The van der Waals surface area contributed by atoms with Gasteiger partial charge in [0.2, 0.25) is 11.6 Å². The fourth-order valence-electron chi connectivity index (χ4n) is 3.12. The molecule has 0 aliphatic heterocycles. The van der Waals surface area contributed by atoms with Crippen molar-refractivity contribution in [1.82, 2.24) is 5.32 Å². The van der Waals surface area contributed by atoms with Gasteiger partial charge in [-0.1, -0.05) is 67.9 Å². The van der Waals surface area contributed by atoms with Crippen molar-refractivity contribution in [2.45, 2.75) is 32.7 Å². The molecule has 1 N–H and O–H groups in total. The van der Waals surface area contributed by atoms with Crippen LogP contribution in [0.2, 0.25) is 0 Å². The first-order valence-corrected chi connectivity index (χ1v) is 10.5. The second kappa shape index (κ2) is 8.44. The zero-order valence-electron chi connectivity index (χ0n) is 15.5. The molecule has 5 heteroatoms. The van der Waals surface area contributed by atoms with Crippen molar-refractivity contribution in [3.05, 3.63) is 81.9 Å². The molecule has 4 nitrogen and oxygen atoms in total. The fraction of sp³-hybridized carbons (Fsp3) is 0.273. The predicted molar refractivity (Wildman–Crippen MR) is 108 cm³/mol. The minimum atomic E-state index is -1.52. The Bertz CT molecular complexity index is 918. The molecule has 3 rings (SSSR count). The summed E-state index contributed by atoms with van der Waals surface area (Å²) in [5, 5.41) is 3.18. The summed E-state index contributed by atoms with van der Waals surface area (Å²) in [7, 11) is -1.52. The Balaban J connectivity index is 2.04. The molecule has 2 atom stereocenters. The van der Waals surface area contributed by atoms with E-state index in [1.807, 2.05) is 44.2 Å². The van der Waals surface area contributed by atoms with Crippen molar-refractivity contribution in [3.63, 3.8) is 0 Å². The summed E-state index contributed by atoms with van der Waals surface area (Å²) in [6, 6.07) is 16.2. The lowest BCUT2D eigenvalue weighted by atomic mass is 9.92. The molecule has 0 saturated heterocycles. The molecular weight excluding hydrogens is 358 g/mol. The van der Waals surface area contributed by atoms with Crippen LogP contribution in [0.15, 0.2) is 65.2 Å². The molecule has 0 aromatic heterocycles. The molecule has 140 valence electrons. The summed E-state index contributed by atoms with van der Waals surface area (Å²) < 4.78 is 12.9. The van der Waals surface area contributed by atoms with E-state index in [-0.39, 0.29) is 28.2 Å². The lowest BCUT2D eigenvalue weighted by Gasteiger charge is -2.24. The van der Waals surface area contributed by atoms with E-state index in [0.717, 1.165) is 18.4 Å². The standard InChI is InChI=1S/C22H23NO3S/c1-3-4-14-27(26)22-19(23-15(2)16-10-6-5-7-11-16)20(24)17-12-8-9-13-18(17)21(22)25/h5-13,15,23H,3-4,14H2,1-2H3. The summed E-state index contributed by atoms with van der Waals surface area (Å²) >= 11 is 0. The summed E-state index contributed by atoms with van der Waals surface area (Å²) in [5.41, 5.74) is 1.86. The smallest absolute Gasteiger partial charge is 0.210 e. The predicted octanol–water partition coefficient (Wildman–Crippen LogP) is 4.18. The number of benzene rings is 2. The average molecular weight is 381 g/mol. The number of fused-ring (bicyclic) bond motifs is 1. The van der Waals surface area contributed by atoms with E-state index in [1.54, 1.807) is 24.3 Å². The highest BCUT2D eigenvalue weighted by atomic mass is 32.2. The minimum absolute atomic E-state index is 0.106. The molecule has 2 aromatic carbocycles. The highest BCUT2D eigenvalue weighted by Crippen LogP contribution is 2.29. The van der Waals surface area contributed by atoms with Crippen molar-refractivity contribution in [2.24, 2.45) is 0 Å². The molecule has 0 saturated carbocycles. The van der Waals surface area contributed by atoms with Gasteiger partial charge in [-0.3, -0.25) is 13.8 Å². The van der Waals surface area contributed by atoms with Crippen LogP contribution in [-0.4, -0.2) is 21.5 Å². The largest absolute Gasteiger partial charge is 0.374 e. The number of nitrogens with one attached hydrogen (secondary N) is 1. The van der Waals surface area contributed by atoms with Gasteiger partial charge in [-0.05, 0) is 18.9 Å². The maximum Gasteiger partial charge on any atom is 0.210 e. The van der Waals surface area contributed by atoms with Gasteiger partial charge in [0.25, 0.3) is 0 Å². The van der Waals surface area contributed by atoms with E-state index in [2.05, 4.69) is 5.32 Å². The van der Waals surface area contributed by atoms with Gasteiger partial charge >= 0.3 is 0 Å². The van der Waals surface area contributed by atoms with Crippen molar-refractivity contribution in [2.75, 3.05) is 5.75 Å². The summed E-state index contributed by atoms with van der Waals surface area (Å²) in [4.78, 5) is 26.3. The Kier molecular flexibility index (Phi) is 6.01. The van der Waals surface area contributed by atoms with E-state index >= 15 is 0 Å². The average Bonchev–Trinajstić information content (AvgIpc) is 2.70. The van der Waals surface area contributed by atoms with Crippen LogP contribution in [0.3, 0.4) is 0 Å². The van der Waals surface area contributed by atoms with Crippen LogP contribution < -0.4 is 5.32 Å². The zero-order valence-corrected chi connectivity index (χ0v) is 16.3. The monoisotopic (exact) mass is 381 g/mol. The quantitative estimate of drug-likeness (QED) is 0.782. The van der Waals surface area contributed by atoms with Crippen molar-refractivity contribution in [1.29, 1.82) is 0 Å². The van der Waals surface area contributed by atoms with Crippen LogP contribution >= 0.6 is 0 Å². The molecular formula is C22H23NO3S. The second-order valence-corrected chi connectivity index (χ2v) is 8.10. The third-order valence-corrected chi connectivity index (χ3v) is 6.15. The number of hydrogen-bond donors (Lipinski definition) is 1. The lowest BCUT2D eigenvalue weighted by Crippen LogP contribution is -2.33. The highest BCUT2D eigenvalue weighted by molar-refractivity contribution is 7.90. The highest BCUT2D eigenvalue weighted by Gasteiger charge is 2.35. The minimum Gasteiger partial charge on any atom is -0.374 e. The van der Waals surface area contributed by atoms with Gasteiger partial charge in [0, 0.05) is 22.9 Å². The molecule has 0 spiro atoms. The van der Waals surface area contributed by atoms with Gasteiger partial charge in [-0.25, -0.2) is 0 Å². The Hall–Kier alpha value is -2.53. The van der Waals surface area contributed by atoms with Crippen molar-refractivity contribution in [3.8, 4) is 0 Å². The van der Waals surface area contributed by atoms with Crippen LogP contribution in [0.25, 0.3) is 0 Å². The van der Waals surface area contributed by atoms with Gasteiger partial charge in [0.15, 0.2) is 0 Å². The molecule has 1 aliphatic carbocycles. The second-order valence-electron chi connectivity index (χ2n) is 6.59. The van der Waals surface area contributed by atoms with E-state index in [4.69, 9.17) is 0 Å². The van der Waals surface area contributed by atoms with Crippen LogP contribution in [0.5, 0.6) is 0 Å². The molecule has 0 bridgehead atoms.